The second-order valence-corrected chi connectivity index (χ2v) is 6.83. The molecule has 4 heteroatoms. The van der Waals surface area contributed by atoms with E-state index in [-0.39, 0.29) is 0 Å². The van der Waals surface area contributed by atoms with Crippen LogP contribution in [0.5, 0.6) is 0 Å². The Labute approximate surface area is 103 Å². The van der Waals surface area contributed by atoms with E-state index in [9.17, 15) is 0 Å². The minimum absolute atomic E-state index is 0.501. The summed E-state index contributed by atoms with van der Waals surface area (Å²) in [7, 11) is 6.19. The number of rotatable bonds is 3. The molecule has 0 fully saturated rings. The number of nitrogens with zero attached hydrogens (tertiary/aromatic N) is 2. The Kier molecular flexibility index (Phi) is 4.30. The first-order chi connectivity index (χ1) is 6.91. The maximum atomic E-state index is 6.19. The molecule has 1 heterocycles. The van der Waals surface area contributed by atoms with Gasteiger partial charge in [0.25, 0.3) is 0 Å². The van der Waals surface area contributed by atoms with Crippen molar-refractivity contribution in [1.82, 2.24) is 4.57 Å². The van der Waals surface area contributed by atoms with Crippen LogP contribution in [-0.4, -0.2) is 19.1 Å². The van der Waals surface area contributed by atoms with Gasteiger partial charge in [0.2, 0.25) is 0 Å². The molecule has 2 nitrogen and oxygen atoms in total. The standard InChI is InChI=1S/C11H20ClGeN2/c1-7(2)14-9(5)10(6)15(8(3)4)11(14)13-12/h7-8H,1-6H3/q+1. The van der Waals surface area contributed by atoms with Crippen molar-refractivity contribution in [2.45, 2.75) is 53.6 Å². The van der Waals surface area contributed by atoms with Crippen molar-refractivity contribution in [3.8, 4) is 0 Å². The van der Waals surface area contributed by atoms with Gasteiger partial charge in [0.1, 0.15) is 0 Å². The van der Waals surface area contributed by atoms with Gasteiger partial charge in [-0.15, -0.1) is 0 Å². The zero-order chi connectivity index (χ0) is 11.7. The zero-order valence-electron chi connectivity index (χ0n) is 10.4. The molecule has 0 N–H and O–H groups in total. The van der Waals surface area contributed by atoms with Crippen molar-refractivity contribution >= 4 is 29.2 Å². The molecule has 0 aliphatic rings. The van der Waals surface area contributed by atoms with E-state index < -0.39 is 14.5 Å². The number of halogens is 1. The zero-order valence-corrected chi connectivity index (χ0v) is 13.3. The summed E-state index contributed by atoms with van der Waals surface area (Å²) in [5, 5.41) is 0. The Bertz CT molecular complexity index is 324. The van der Waals surface area contributed by atoms with Gasteiger partial charge in [-0.25, -0.2) is 0 Å². The van der Waals surface area contributed by atoms with Gasteiger partial charge in [-0.1, -0.05) is 0 Å². The molecule has 1 aromatic heterocycles. The van der Waals surface area contributed by atoms with Crippen LogP contribution in [0.15, 0.2) is 0 Å². The molecule has 0 unspecified atom stereocenters. The predicted octanol–water partition coefficient (Wildman–Crippen LogP) is 2.04. The Balaban J connectivity index is 3.47. The van der Waals surface area contributed by atoms with Gasteiger partial charge in [0, 0.05) is 0 Å². The minimum atomic E-state index is -0.532. The van der Waals surface area contributed by atoms with Crippen molar-refractivity contribution in [3.05, 3.63) is 11.4 Å². The number of hydrogen-bond donors (Lipinski definition) is 0. The average Bonchev–Trinajstić information content (AvgIpc) is 2.39. The second-order valence-electron chi connectivity index (χ2n) is 4.52. The fourth-order valence-electron chi connectivity index (χ4n) is 2.14. The average molecular weight is 288 g/mol. The molecule has 0 atom stereocenters. The first-order valence-corrected chi connectivity index (χ1v) is 9.22. The van der Waals surface area contributed by atoms with Crippen LogP contribution in [0.1, 0.15) is 51.2 Å². The summed E-state index contributed by atoms with van der Waals surface area (Å²) < 4.78 is 6.13. The monoisotopic (exact) mass is 289 g/mol. The van der Waals surface area contributed by atoms with Crippen LogP contribution < -0.4 is 9.22 Å². The van der Waals surface area contributed by atoms with Crippen molar-refractivity contribution in [2.75, 3.05) is 0 Å². The molecule has 84 valence electrons. The number of hydrogen-bond acceptors (Lipinski definition) is 0. The van der Waals surface area contributed by atoms with Gasteiger partial charge in [-0.3, -0.25) is 0 Å². The van der Waals surface area contributed by atoms with E-state index in [0.717, 1.165) is 0 Å². The molecule has 1 rings (SSSR count). The third-order valence-corrected chi connectivity index (χ3v) is 5.06. The summed E-state index contributed by atoms with van der Waals surface area (Å²) in [6.45, 7) is 13.3. The third-order valence-electron chi connectivity index (χ3n) is 2.82. The summed E-state index contributed by atoms with van der Waals surface area (Å²) in [5.74, 6) is 0. The molecule has 0 spiro atoms. The van der Waals surface area contributed by atoms with Crippen molar-refractivity contribution in [3.63, 3.8) is 0 Å². The van der Waals surface area contributed by atoms with E-state index in [1.54, 1.807) is 0 Å². The van der Waals surface area contributed by atoms with Crippen LogP contribution in [0.2, 0.25) is 0 Å². The molecule has 1 aromatic rings. The molecule has 0 saturated heterocycles. The van der Waals surface area contributed by atoms with E-state index in [1.165, 1.54) is 16.0 Å². The van der Waals surface area contributed by atoms with E-state index in [2.05, 4.69) is 50.7 Å². The molecule has 0 amide bonds. The van der Waals surface area contributed by atoms with Gasteiger partial charge in [-0.05, 0) is 0 Å². The molecular formula is C11H20ClGeN2+. The molecule has 15 heavy (non-hydrogen) atoms. The maximum absolute atomic E-state index is 6.19. The van der Waals surface area contributed by atoms with Gasteiger partial charge < -0.3 is 0 Å². The first kappa shape index (κ1) is 13.1. The van der Waals surface area contributed by atoms with E-state index in [4.69, 9.17) is 10.0 Å². The molecular weight excluding hydrogens is 268 g/mol. The van der Waals surface area contributed by atoms with Gasteiger partial charge in [0.05, 0.1) is 0 Å². The van der Waals surface area contributed by atoms with Crippen molar-refractivity contribution in [2.24, 2.45) is 0 Å². The van der Waals surface area contributed by atoms with Gasteiger partial charge in [0.15, 0.2) is 0 Å². The van der Waals surface area contributed by atoms with Crippen LogP contribution in [0.3, 0.4) is 0 Å². The van der Waals surface area contributed by atoms with E-state index >= 15 is 0 Å². The summed E-state index contributed by atoms with van der Waals surface area (Å²) in [6, 6.07) is 1.00. The number of imidazole rings is 1. The molecule has 0 aromatic carbocycles. The predicted molar refractivity (Wildman–Crippen MR) is 66.1 cm³/mol. The molecule has 0 saturated carbocycles. The van der Waals surface area contributed by atoms with Gasteiger partial charge in [-0.2, -0.15) is 0 Å². The topological polar surface area (TPSA) is 8.81 Å². The Morgan fingerprint density at radius 2 is 1.73 bits per heavy atom. The summed E-state index contributed by atoms with van der Waals surface area (Å²) in [4.78, 5) is 0. The Hall–Kier alpha value is 0.0429. The molecule has 2 radical (unpaired) electrons. The Morgan fingerprint density at radius 3 is 2.07 bits per heavy atom. The fourth-order valence-corrected chi connectivity index (χ4v) is 5.25. The van der Waals surface area contributed by atoms with Crippen molar-refractivity contribution < 1.29 is 4.57 Å². The van der Waals surface area contributed by atoms with Crippen LogP contribution in [-0.2, 0) is 0 Å². The van der Waals surface area contributed by atoms with Crippen LogP contribution in [0.4, 0.5) is 0 Å². The van der Waals surface area contributed by atoms with Crippen LogP contribution in [0.25, 0.3) is 0 Å². The normalized spacial score (nSPS) is 11.8. The molecule has 0 aliphatic heterocycles. The third kappa shape index (κ3) is 2.26. The SMILES string of the molecule is Cc1c(C)[n+](C(C)C)[c]([Ge][Cl])n1C(C)C. The Morgan fingerprint density at radius 1 is 1.20 bits per heavy atom. The fraction of sp³-hybridized carbons (Fsp3) is 0.727. The second kappa shape index (κ2) is 4.92. The van der Waals surface area contributed by atoms with Gasteiger partial charge >= 0.3 is 103 Å². The van der Waals surface area contributed by atoms with E-state index in [1.807, 2.05) is 0 Å². The van der Waals surface area contributed by atoms with Crippen LogP contribution in [0, 0.1) is 13.8 Å². The molecule has 0 bridgehead atoms. The number of aromatic nitrogens is 2. The van der Waals surface area contributed by atoms with Crippen LogP contribution >= 0.6 is 10.0 Å². The summed E-state index contributed by atoms with van der Waals surface area (Å²) >= 11 is -0.532. The summed E-state index contributed by atoms with van der Waals surface area (Å²) in [6.07, 6.45) is 0. The molecule has 0 aliphatic carbocycles. The summed E-state index contributed by atoms with van der Waals surface area (Å²) in [5.41, 5.74) is 2.72. The quantitative estimate of drug-likeness (QED) is 0.594. The first-order valence-electron chi connectivity index (χ1n) is 5.41. The van der Waals surface area contributed by atoms with E-state index in [0.29, 0.717) is 12.1 Å². The van der Waals surface area contributed by atoms with Crippen molar-refractivity contribution in [1.29, 1.82) is 0 Å².